The SMILES string of the molecule is COc1ccccc1CCNC(=O)CSc1nnnn1C(C)(C)C. The van der Waals surface area contributed by atoms with Gasteiger partial charge in [0.15, 0.2) is 0 Å². The maximum atomic E-state index is 12.0. The Morgan fingerprint density at radius 2 is 2.08 bits per heavy atom. The smallest absolute Gasteiger partial charge is 0.230 e. The molecule has 7 nitrogen and oxygen atoms in total. The van der Waals surface area contributed by atoms with Crippen molar-refractivity contribution in [2.75, 3.05) is 19.4 Å². The quantitative estimate of drug-likeness (QED) is 0.769. The monoisotopic (exact) mass is 349 g/mol. The Morgan fingerprint density at radius 1 is 1.33 bits per heavy atom. The molecule has 2 aromatic rings. The molecule has 2 rings (SSSR count). The number of tetrazole rings is 1. The molecule has 0 saturated heterocycles. The summed E-state index contributed by atoms with van der Waals surface area (Å²) in [6, 6.07) is 7.80. The number of rotatable bonds is 7. The molecule has 1 heterocycles. The molecule has 130 valence electrons. The number of hydrogen-bond acceptors (Lipinski definition) is 6. The minimum Gasteiger partial charge on any atom is -0.496 e. The third-order valence-electron chi connectivity index (χ3n) is 3.32. The minimum absolute atomic E-state index is 0.0432. The molecule has 0 bridgehead atoms. The first kappa shape index (κ1) is 18.3. The fourth-order valence-corrected chi connectivity index (χ4v) is 3.01. The summed E-state index contributed by atoms with van der Waals surface area (Å²) in [5, 5.41) is 15.2. The molecule has 24 heavy (non-hydrogen) atoms. The Morgan fingerprint density at radius 3 is 2.79 bits per heavy atom. The van der Waals surface area contributed by atoms with Crippen LogP contribution in [0.3, 0.4) is 0 Å². The van der Waals surface area contributed by atoms with Crippen LogP contribution in [-0.4, -0.2) is 45.5 Å². The molecular formula is C16H23N5O2S. The Balaban J connectivity index is 1.79. The molecule has 1 aromatic heterocycles. The number of hydrogen-bond donors (Lipinski definition) is 1. The number of carbonyl (C=O) groups is 1. The summed E-state index contributed by atoms with van der Waals surface area (Å²) >= 11 is 1.33. The van der Waals surface area contributed by atoms with E-state index in [1.165, 1.54) is 11.8 Å². The van der Waals surface area contributed by atoms with Crippen LogP contribution < -0.4 is 10.1 Å². The largest absolute Gasteiger partial charge is 0.496 e. The van der Waals surface area contributed by atoms with Crippen LogP contribution in [0, 0.1) is 0 Å². The van der Waals surface area contributed by atoms with Crippen molar-refractivity contribution in [2.45, 2.75) is 37.9 Å². The maximum absolute atomic E-state index is 12.0. The molecule has 0 aliphatic heterocycles. The summed E-state index contributed by atoms with van der Waals surface area (Å²) in [5.41, 5.74) is 0.858. The van der Waals surface area contributed by atoms with E-state index in [0.29, 0.717) is 11.7 Å². The predicted molar refractivity (Wildman–Crippen MR) is 93.2 cm³/mol. The van der Waals surface area contributed by atoms with Crippen LogP contribution >= 0.6 is 11.8 Å². The van der Waals surface area contributed by atoms with E-state index in [9.17, 15) is 4.79 Å². The second-order valence-corrected chi connectivity index (χ2v) is 7.19. The van der Waals surface area contributed by atoms with Crippen molar-refractivity contribution in [1.29, 1.82) is 0 Å². The van der Waals surface area contributed by atoms with E-state index in [0.717, 1.165) is 17.7 Å². The lowest BCUT2D eigenvalue weighted by molar-refractivity contribution is -0.118. The van der Waals surface area contributed by atoms with Gasteiger partial charge in [-0.3, -0.25) is 4.79 Å². The molecule has 8 heteroatoms. The van der Waals surface area contributed by atoms with Crippen molar-refractivity contribution in [1.82, 2.24) is 25.5 Å². The molecule has 0 unspecified atom stereocenters. The van der Waals surface area contributed by atoms with Crippen LogP contribution in [0.5, 0.6) is 5.75 Å². The third kappa shape index (κ3) is 4.95. The fourth-order valence-electron chi connectivity index (χ4n) is 2.12. The van der Waals surface area contributed by atoms with Gasteiger partial charge in [-0.15, -0.1) is 5.10 Å². The number of carbonyl (C=O) groups excluding carboxylic acids is 1. The van der Waals surface area contributed by atoms with E-state index in [4.69, 9.17) is 4.74 Å². The zero-order valence-electron chi connectivity index (χ0n) is 14.4. The van der Waals surface area contributed by atoms with E-state index < -0.39 is 0 Å². The molecule has 0 radical (unpaired) electrons. The third-order valence-corrected chi connectivity index (χ3v) is 4.24. The van der Waals surface area contributed by atoms with Gasteiger partial charge in [-0.05, 0) is 49.2 Å². The van der Waals surface area contributed by atoms with E-state index >= 15 is 0 Å². The number of para-hydroxylation sites is 1. The second-order valence-electron chi connectivity index (χ2n) is 6.24. The average Bonchev–Trinajstić information content (AvgIpc) is 3.02. The van der Waals surface area contributed by atoms with Gasteiger partial charge in [0.1, 0.15) is 5.75 Å². The van der Waals surface area contributed by atoms with Crippen LogP contribution in [0.25, 0.3) is 0 Å². The molecule has 0 spiro atoms. The number of benzene rings is 1. The molecule has 0 saturated carbocycles. The van der Waals surface area contributed by atoms with E-state index in [1.54, 1.807) is 11.8 Å². The van der Waals surface area contributed by atoms with Crippen molar-refractivity contribution < 1.29 is 9.53 Å². The minimum atomic E-state index is -0.216. The Bertz CT molecular complexity index is 681. The second kappa shape index (κ2) is 8.14. The van der Waals surface area contributed by atoms with Gasteiger partial charge in [-0.2, -0.15) is 0 Å². The van der Waals surface area contributed by atoms with Crippen LogP contribution in [-0.2, 0) is 16.8 Å². The van der Waals surface area contributed by atoms with Crippen molar-refractivity contribution in [3.05, 3.63) is 29.8 Å². The lowest BCUT2D eigenvalue weighted by Gasteiger charge is -2.19. The lowest BCUT2D eigenvalue weighted by Crippen LogP contribution is -2.28. The number of nitrogens with zero attached hydrogens (tertiary/aromatic N) is 4. The highest BCUT2D eigenvalue weighted by Gasteiger charge is 2.20. The van der Waals surface area contributed by atoms with Crippen LogP contribution in [0.1, 0.15) is 26.3 Å². The maximum Gasteiger partial charge on any atom is 0.230 e. The topological polar surface area (TPSA) is 81.9 Å². The molecule has 0 atom stereocenters. The molecule has 1 aromatic carbocycles. The number of aromatic nitrogens is 4. The number of nitrogens with one attached hydrogen (secondary N) is 1. The standard InChI is InChI=1S/C16H23N5O2S/c1-16(2,3)21-15(18-19-20-21)24-11-14(22)17-10-9-12-7-5-6-8-13(12)23-4/h5-8H,9-11H2,1-4H3,(H,17,22). The first-order valence-corrected chi connectivity index (χ1v) is 8.70. The number of thioether (sulfide) groups is 1. The van der Waals surface area contributed by atoms with Crippen LogP contribution in [0.4, 0.5) is 0 Å². The zero-order valence-corrected chi connectivity index (χ0v) is 15.3. The average molecular weight is 349 g/mol. The highest BCUT2D eigenvalue weighted by atomic mass is 32.2. The fraction of sp³-hybridized carbons (Fsp3) is 0.500. The van der Waals surface area contributed by atoms with Crippen LogP contribution in [0.2, 0.25) is 0 Å². The molecule has 0 aliphatic carbocycles. The highest BCUT2D eigenvalue weighted by Crippen LogP contribution is 2.21. The zero-order chi connectivity index (χ0) is 17.6. The number of methoxy groups -OCH3 is 1. The van der Waals surface area contributed by atoms with Gasteiger partial charge in [0.2, 0.25) is 11.1 Å². The van der Waals surface area contributed by atoms with Crippen molar-refractivity contribution in [3.8, 4) is 5.75 Å². The van der Waals surface area contributed by atoms with Gasteiger partial charge in [-0.25, -0.2) is 4.68 Å². The van der Waals surface area contributed by atoms with Gasteiger partial charge >= 0.3 is 0 Å². The van der Waals surface area contributed by atoms with Gasteiger partial charge in [-0.1, -0.05) is 30.0 Å². The van der Waals surface area contributed by atoms with Crippen LogP contribution in [0.15, 0.2) is 29.4 Å². The first-order chi connectivity index (χ1) is 11.4. The summed E-state index contributed by atoms with van der Waals surface area (Å²) in [6.07, 6.45) is 0.722. The van der Waals surface area contributed by atoms with Gasteiger partial charge < -0.3 is 10.1 Å². The van der Waals surface area contributed by atoms with Crippen molar-refractivity contribution >= 4 is 17.7 Å². The van der Waals surface area contributed by atoms with E-state index in [1.807, 2.05) is 45.0 Å². The van der Waals surface area contributed by atoms with Gasteiger partial charge in [0, 0.05) is 6.54 Å². The molecule has 1 amide bonds. The molecule has 0 fully saturated rings. The number of amides is 1. The summed E-state index contributed by atoms with van der Waals surface area (Å²) < 4.78 is 7.02. The highest BCUT2D eigenvalue weighted by molar-refractivity contribution is 7.99. The summed E-state index contributed by atoms with van der Waals surface area (Å²) in [5.74, 6) is 1.08. The van der Waals surface area contributed by atoms with Crippen molar-refractivity contribution in [3.63, 3.8) is 0 Å². The molecule has 1 N–H and O–H groups in total. The molecular weight excluding hydrogens is 326 g/mol. The Labute approximate surface area is 146 Å². The Hall–Kier alpha value is -2.09. The van der Waals surface area contributed by atoms with E-state index in [-0.39, 0.29) is 17.2 Å². The summed E-state index contributed by atoms with van der Waals surface area (Å²) in [6.45, 7) is 6.60. The predicted octanol–water partition coefficient (Wildman–Crippen LogP) is 1.89. The lowest BCUT2D eigenvalue weighted by atomic mass is 10.1. The summed E-state index contributed by atoms with van der Waals surface area (Å²) in [7, 11) is 1.65. The van der Waals surface area contributed by atoms with Gasteiger partial charge in [0.05, 0.1) is 18.4 Å². The van der Waals surface area contributed by atoms with Gasteiger partial charge in [0.25, 0.3) is 0 Å². The summed E-state index contributed by atoms with van der Waals surface area (Å²) in [4.78, 5) is 12.0. The Kier molecular flexibility index (Phi) is 6.19. The molecule has 0 aliphatic rings. The number of ether oxygens (including phenoxy) is 1. The van der Waals surface area contributed by atoms with Crippen molar-refractivity contribution in [2.24, 2.45) is 0 Å². The normalized spacial score (nSPS) is 11.3. The first-order valence-electron chi connectivity index (χ1n) is 7.72. The van der Waals surface area contributed by atoms with E-state index in [2.05, 4.69) is 20.8 Å².